The number of hydrogen-bond donors (Lipinski definition) is 0. The van der Waals surface area contributed by atoms with Gasteiger partial charge in [-0.1, -0.05) is 52.7 Å². The second kappa shape index (κ2) is 10.7. The molecule has 0 aliphatic carbocycles. The van der Waals surface area contributed by atoms with E-state index in [4.69, 9.17) is 27.9 Å². The molecule has 1 aromatic heterocycles. The maximum atomic E-state index is 12.1. The van der Waals surface area contributed by atoms with Gasteiger partial charge >= 0.3 is 5.97 Å². The molecule has 0 aliphatic rings. The number of benzene rings is 3. The summed E-state index contributed by atoms with van der Waals surface area (Å²) >= 11 is 13.5. The molecule has 0 saturated heterocycles. The van der Waals surface area contributed by atoms with E-state index in [2.05, 4.69) is 27.0 Å². The first-order valence-electron chi connectivity index (χ1n) is 10.3. The third-order valence-electron chi connectivity index (χ3n) is 4.87. The highest BCUT2D eigenvalue weighted by atomic mass is 35.5. The fourth-order valence-corrected chi connectivity index (χ4v) is 4.36. The zero-order chi connectivity index (χ0) is 23.2. The number of nitrogens with zero attached hydrogens (tertiary/aromatic N) is 4. The average molecular weight is 499 g/mol. The third kappa shape index (κ3) is 5.87. The monoisotopic (exact) mass is 498 g/mol. The van der Waals surface area contributed by atoms with Crippen molar-refractivity contribution in [1.29, 1.82) is 0 Å². The van der Waals surface area contributed by atoms with Crippen LogP contribution in [0.1, 0.15) is 17.3 Å². The second-order valence-electron chi connectivity index (χ2n) is 7.03. The number of rotatable bonds is 8. The summed E-state index contributed by atoms with van der Waals surface area (Å²) in [5.41, 5.74) is 3.01. The number of carbonyl (C=O) groups is 1. The van der Waals surface area contributed by atoms with E-state index in [1.54, 1.807) is 24.3 Å². The number of esters is 1. The molecule has 0 atom stereocenters. The lowest BCUT2D eigenvalue weighted by Crippen LogP contribution is -2.27. The number of aromatic nitrogens is 1. The van der Waals surface area contributed by atoms with E-state index in [0.29, 0.717) is 39.6 Å². The molecule has 4 aromatic rings. The van der Waals surface area contributed by atoms with Crippen molar-refractivity contribution in [2.24, 2.45) is 10.2 Å². The molecule has 0 unspecified atom stereocenters. The molecule has 0 saturated carbocycles. The standard InChI is InChI=1S/C24H20Cl2N4O2S/c1-2-30(12-13-32-23(31)16-6-4-3-5-7-16)18-10-8-17(9-11-18)28-29-24-27-21-14-19(25)20(26)15-22(21)33-24/h3-11,14-15H,2,12-13H2,1H3. The Morgan fingerprint density at radius 1 is 1.03 bits per heavy atom. The predicted octanol–water partition coefficient (Wildman–Crippen LogP) is 7.70. The van der Waals surface area contributed by atoms with Gasteiger partial charge in [0.25, 0.3) is 0 Å². The number of likely N-dealkylation sites (N-methyl/N-ethyl adjacent to an activating group) is 1. The molecular weight excluding hydrogens is 479 g/mol. The van der Waals surface area contributed by atoms with Crippen LogP contribution in [0.25, 0.3) is 10.2 Å². The van der Waals surface area contributed by atoms with Crippen LogP contribution in [0, 0.1) is 0 Å². The van der Waals surface area contributed by atoms with Crippen LogP contribution in [0.5, 0.6) is 0 Å². The Hall–Kier alpha value is -3.00. The minimum Gasteiger partial charge on any atom is -0.460 e. The van der Waals surface area contributed by atoms with Gasteiger partial charge in [0.2, 0.25) is 5.13 Å². The molecule has 6 nitrogen and oxygen atoms in total. The Kier molecular flexibility index (Phi) is 7.54. The van der Waals surface area contributed by atoms with E-state index in [1.807, 2.05) is 42.5 Å². The Bertz CT molecular complexity index is 1240. The van der Waals surface area contributed by atoms with Gasteiger partial charge in [0.1, 0.15) is 6.61 Å². The fraction of sp³-hybridized carbons (Fsp3) is 0.167. The van der Waals surface area contributed by atoms with Crippen molar-refractivity contribution in [3.63, 3.8) is 0 Å². The minimum absolute atomic E-state index is 0.300. The lowest BCUT2D eigenvalue weighted by atomic mass is 10.2. The van der Waals surface area contributed by atoms with Gasteiger partial charge in [0, 0.05) is 12.2 Å². The first kappa shape index (κ1) is 23.2. The fourth-order valence-electron chi connectivity index (χ4n) is 3.16. The Labute approximate surface area is 205 Å². The Balaban J connectivity index is 1.36. The first-order valence-corrected chi connectivity index (χ1v) is 11.8. The summed E-state index contributed by atoms with van der Waals surface area (Å²) in [5, 5.41) is 10.0. The van der Waals surface area contributed by atoms with E-state index in [1.165, 1.54) is 11.3 Å². The van der Waals surface area contributed by atoms with E-state index in [9.17, 15) is 4.79 Å². The van der Waals surface area contributed by atoms with Crippen molar-refractivity contribution in [3.8, 4) is 0 Å². The van der Waals surface area contributed by atoms with E-state index in [-0.39, 0.29) is 5.97 Å². The maximum absolute atomic E-state index is 12.1. The number of azo groups is 1. The van der Waals surface area contributed by atoms with Gasteiger partial charge < -0.3 is 9.64 Å². The van der Waals surface area contributed by atoms with Crippen molar-refractivity contribution in [1.82, 2.24) is 4.98 Å². The molecule has 168 valence electrons. The summed E-state index contributed by atoms with van der Waals surface area (Å²) in [6, 6.07) is 20.2. The number of halogens is 2. The topological polar surface area (TPSA) is 67.2 Å². The highest BCUT2D eigenvalue weighted by molar-refractivity contribution is 7.22. The van der Waals surface area contributed by atoms with Crippen LogP contribution in [-0.2, 0) is 4.74 Å². The molecule has 0 N–H and O–H groups in total. The number of fused-ring (bicyclic) bond motifs is 1. The minimum atomic E-state index is -0.318. The number of anilines is 1. The molecule has 0 radical (unpaired) electrons. The molecule has 0 aliphatic heterocycles. The van der Waals surface area contributed by atoms with Crippen LogP contribution in [0.4, 0.5) is 16.5 Å². The lowest BCUT2D eigenvalue weighted by molar-refractivity contribution is 0.0515. The van der Waals surface area contributed by atoms with E-state index < -0.39 is 0 Å². The van der Waals surface area contributed by atoms with Gasteiger partial charge in [-0.15, -0.1) is 10.2 Å². The van der Waals surface area contributed by atoms with Crippen molar-refractivity contribution < 1.29 is 9.53 Å². The number of thiazole rings is 1. The number of ether oxygens (including phenoxy) is 1. The lowest BCUT2D eigenvalue weighted by Gasteiger charge is -2.22. The van der Waals surface area contributed by atoms with Crippen LogP contribution >= 0.6 is 34.5 Å². The molecule has 9 heteroatoms. The highest BCUT2D eigenvalue weighted by Gasteiger charge is 2.10. The van der Waals surface area contributed by atoms with Gasteiger partial charge in [0.05, 0.1) is 38.1 Å². The summed E-state index contributed by atoms with van der Waals surface area (Å²) in [7, 11) is 0. The van der Waals surface area contributed by atoms with Crippen molar-refractivity contribution in [2.45, 2.75) is 6.92 Å². The van der Waals surface area contributed by atoms with Crippen molar-refractivity contribution in [2.75, 3.05) is 24.6 Å². The van der Waals surface area contributed by atoms with Gasteiger partial charge in [-0.3, -0.25) is 0 Å². The maximum Gasteiger partial charge on any atom is 0.338 e. The van der Waals surface area contributed by atoms with Crippen LogP contribution in [0.15, 0.2) is 77.0 Å². The van der Waals surface area contributed by atoms with Crippen LogP contribution in [0.3, 0.4) is 0 Å². The van der Waals surface area contributed by atoms with Crippen molar-refractivity contribution >= 4 is 67.2 Å². The summed E-state index contributed by atoms with van der Waals surface area (Å²) in [4.78, 5) is 18.6. The quantitative estimate of drug-likeness (QED) is 0.184. The smallest absolute Gasteiger partial charge is 0.338 e. The average Bonchev–Trinajstić information content (AvgIpc) is 3.23. The molecule has 0 spiro atoms. The molecule has 4 rings (SSSR count). The third-order valence-corrected chi connectivity index (χ3v) is 6.50. The zero-order valence-electron chi connectivity index (χ0n) is 17.7. The summed E-state index contributed by atoms with van der Waals surface area (Å²) < 4.78 is 6.30. The summed E-state index contributed by atoms with van der Waals surface area (Å²) in [6.07, 6.45) is 0. The SMILES string of the molecule is CCN(CCOC(=O)c1ccccc1)c1ccc(N=Nc2nc3cc(Cl)c(Cl)cc3s2)cc1. The van der Waals surface area contributed by atoms with Gasteiger partial charge in [-0.05, 0) is 55.5 Å². The zero-order valence-corrected chi connectivity index (χ0v) is 20.1. The number of carbonyl (C=O) groups excluding carboxylic acids is 1. The molecule has 33 heavy (non-hydrogen) atoms. The normalized spacial score (nSPS) is 11.2. The van der Waals surface area contributed by atoms with E-state index in [0.717, 1.165) is 22.4 Å². The van der Waals surface area contributed by atoms with Crippen LogP contribution in [-0.4, -0.2) is 30.6 Å². The van der Waals surface area contributed by atoms with Gasteiger partial charge in [0.15, 0.2) is 0 Å². The molecule has 0 fully saturated rings. The van der Waals surface area contributed by atoms with E-state index >= 15 is 0 Å². The number of hydrogen-bond acceptors (Lipinski definition) is 7. The van der Waals surface area contributed by atoms with Gasteiger partial charge in [-0.2, -0.15) is 0 Å². The summed E-state index contributed by atoms with van der Waals surface area (Å²) in [5.74, 6) is -0.318. The molecular formula is C24H20Cl2N4O2S. The largest absolute Gasteiger partial charge is 0.460 e. The van der Waals surface area contributed by atoms with Crippen LogP contribution in [0.2, 0.25) is 10.0 Å². The first-order chi connectivity index (χ1) is 16.0. The highest BCUT2D eigenvalue weighted by Crippen LogP contribution is 2.34. The Morgan fingerprint density at radius 3 is 2.48 bits per heavy atom. The Morgan fingerprint density at radius 2 is 1.76 bits per heavy atom. The van der Waals surface area contributed by atoms with Gasteiger partial charge in [-0.25, -0.2) is 9.78 Å². The molecule has 0 bridgehead atoms. The van der Waals surface area contributed by atoms with Crippen molar-refractivity contribution in [3.05, 3.63) is 82.3 Å². The summed E-state index contributed by atoms with van der Waals surface area (Å²) in [6.45, 7) is 3.72. The molecule has 3 aromatic carbocycles. The predicted molar refractivity (Wildman–Crippen MR) is 135 cm³/mol. The second-order valence-corrected chi connectivity index (χ2v) is 8.85. The molecule has 0 amide bonds. The van der Waals surface area contributed by atoms with Crippen LogP contribution < -0.4 is 4.90 Å². The molecule has 1 heterocycles.